The van der Waals surface area contributed by atoms with Crippen molar-refractivity contribution >= 4 is 47.4 Å². The second kappa shape index (κ2) is 5.28. The maximum atomic E-state index is 12.2. The van der Waals surface area contributed by atoms with Crippen LogP contribution in [0.2, 0.25) is 0 Å². The molecule has 0 bridgehead atoms. The molecule has 18 heavy (non-hydrogen) atoms. The lowest BCUT2D eigenvalue weighted by molar-refractivity contribution is -0.0328. The lowest BCUT2D eigenvalue weighted by atomic mass is 10.2. The molecule has 1 aromatic carbocycles. The van der Waals surface area contributed by atoms with Crippen molar-refractivity contribution in [3.05, 3.63) is 22.2 Å². The Kier molecular flexibility index (Phi) is 4.59. The van der Waals surface area contributed by atoms with Gasteiger partial charge in [0.25, 0.3) is 9.05 Å². The lowest BCUT2D eigenvalue weighted by Gasteiger charge is -2.09. The van der Waals surface area contributed by atoms with E-state index in [0.29, 0.717) is 6.07 Å². The number of thioether (sulfide) groups is 1. The summed E-state index contributed by atoms with van der Waals surface area (Å²) in [5.74, 6) is 0. The van der Waals surface area contributed by atoms with Gasteiger partial charge in [0.05, 0.1) is 5.56 Å². The third-order valence-corrected chi connectivity index (χ3v) is 4.71. The molecule has 0 atom stereocenters. The zero-order chi connectivity index (χ0) is 14.1. The molecule has 10 heteroatoms. The monoisotopic (exact) mass is 379 g/mol. The van der Waals surface area contributed by atoms with Gasteiger partial charge in [-0.1, -0.05) is 0 Å². The predicted octanol–water partition coefficient (Wildman–Crippen LogP) is 3.86. The minimum atomic E-state index is -4.58. The molecule has 1 rings (SSSR count). The summed E-state index contributed by atoms with van der Waals surface area (Å²) in [6.45, 7) is 0. The van der Waals surface area contributed by atoms with E-state index in [1.54, 1.807) is 6.07 Å². The Bertz CT molecular complexity index is 624. The van der Waals surface area contributed by atoms with Crippen molar-refractivity contribution in [1.82, 2.24) is 0 Å². The maximum absolute atomic E-state index is 12.2. The fourth-order valence-electron chi connectivity index (χ4n) is 1.03. The van der Waals surface area contributed by atoms with Gasteiger partial charge in [0.2, 0.25) is 0 Å². The average molecular weight is 381 g/mol. The number of benzene rings is 1. The second-order valence-corrected chi connectivity index (χ2v) is 7.37. The van der Waals surface area contributed by atoms with Crippen LogP contribution >= 0.6 is 38.4 Å². The fourth-order valence-corrected chi connectivity index (χ4v) is 3.28. The molecule has 98 valence electrons. The SMILES string of the molecule is N#Cc1cc(Br)c(SC(F)(F)F)cc1S(=O)(=O)Cl. The molecule has 0 unspecified atom stereocenters. The van der Waals surface area contributed by atoms with Crippen molar-refractivity contribution in [3.8, 4) is 6.07 Å². The molecule has 0 spiro atoms. The molecule has 0 fully saturated rings. The highest BCUT2D eigenvalue weighted by atomic mass is 79.9. The van der Waals surface area contributed by atoms with E-state index in [-0.39, 0.29) is 14.9 Å². The van der Waals surface area contributed by atoms with Crippen LogP contribution in [0.3, 0.4) is 0 Å². The number of nitrogens with zero attached hydrogens (tertiary/aromatic N) is 1. The smallest absolute Gasteiger partial charge is 0.207 e. The number of hydrogen-bond acceptors (Lipinski definition) is 4. The van der Waals surface area contributed by atoms with E-state index in [1.807, 2.05) is 0 Å². The van der Waals surface area contributed by atoms with Crippen LogP contribution in [0.15, 0.2) is 26.4 Å². The summed E-state index contributed by atoms with van der Waals surface area (Å²) in [5.41, 5.74) is -4.91. The van der Waals surface area contributed by atoms with E-state index >= 15 is 0 Å². The summed E-state index contributed by atoms with van der Waals surface area (Å²) in [5, 5.41) is 8.71. The normalized spacial score (nSPS) is 12.2. The fraction of sp³-hybridized carbons (Fsp3) is 0.125. The van der Waals surface area contributed by atoms with Crippen LogP contribution < -0.4 is 0 Å². The number of rotatable bonds is 2. The first kappa shape index (κ1) is 15.6. The van der Waals surface area contributed by atoms with Gasteiger partial charge in [0.1, 0.15) is 11.0 Å². The molecule has 1 aromatic rings. The van der Waals surface area contributed by atoms with E-state index in [2.05, 4.69) is 15.9 Å². The zero-order valence-corrected chi connectivity index (χ0v) is 12.1. The van der Waals surface area contributed by atoms with Crippen molar-refractivity contribution in [2.75, 3.05) is 0 Å². The van der Waals surface area contributed by atoms with Gasteiger partial charge in [-0.15, -0.1) is 0 Å². The quantitative estimate of drug-likeness (QED) is 0.577. The Morgan fingerprint density at radius 2 is 1.94 bits per heavy atom. The van der Waals surface area contributed by atoms with Crippen molar-refractivity contribution in [2.24, 2.45) is 0 Å². The molecule has 0 saturated heterocycles. The predicted molar refractivity (Wildman–Crippen MR) is 63.8 cm³/mol. The van der Waals surface area contributed by atoms with E-state index in [0.717, 1.165) is 6.07 Å². The number of nitriles is 1. The highest BCUT2D eigenvalue weighted by Gasteiger charge is 2.31. The molecule has 0 amide bonds. The Labute approximate surface area is 117 Å². The van der Waals surface area contributed by atoms with Crippen LogP contribution in [0.5, 0.6) is 0 Å². The maximum Gasteiger partial charge on any atom is 0.446 e. The molecule has 0 aliphatic rings. The van der Waals surface area contributed by atoms with Gasteiger partial charge in [-0.3, -0.25) is 0 Å². The van der Waals surface area contributed by atoms with Gasteiger partial charge in [-0.2, -0.15) is 18.4 Å². The standard InChI is InChI=1S/C8H2BrClF3NO2S2/c9-5-1-4(3-14)7(18(10,15)16)2-6(5)17-8(11,12)13/h1-2H. The van der Waals surface area contributed by atoms with Crippen molar-refractivity contribution < 1.29 is 21.6 Å². The molecule has 0 N–H and O–H groups in total. The van der Waals surface area contributed by atoms with Gasteiger partial charge < -0.3 is 0 Å². The molecule has 0 aliphatic heterocycles. The largest absolute Gasteiger partial charge is 0.446 e. The first-order valence-electron chi connectivity index (χ1n) is 3.98. The first-order chi connectivity index (χ1) is 8.04. The van der Waals surface area contributed by atoms with Crippen LogP contribution in [0, 0.1) is 11.3 Å². The first-order valence-corrected chi connectivity index (χ1v) is 7.90. The van der Waals surface area contributed by atoms with Gasteiger partial charge >= 0.3 is 5.51 Å². The molecule has 3 nitrogen and oxygen atoms in total. The highest BCUT2D eigenvalue weighted by molar-refractivity contribution is 9.10. The van der Waals surface area contributed by atoms with Crippen LogP contribution in [0.4, 0.5) is 13.2 Å². The van der Waals surface area contributed by atoms with Crippen molar-refractivity contribution in [2.45, 2.75) is 15.3 Å². The Morgan fingerprint density at radius 3 is 2.33 bits per heavy atom. The topological polar surface area (TPSA) is 57.9 Å². The van der Waals surface area contributed by atoms with E-state index < -0.39 is 31.2 Å². The van der Waals surface area contributed by atoms with E-state index in [9.17, 15) is 21.6 Å². The highest BCUT2D eigenvalue weighted by Crippen LogP contribution is 2.42. The third kappa shape index (κ3) is 4.05. The van der Waals surface area contributed by atoms with Crippen LogP contribution in [0.25, 0.3) is 0 Å². The number of alkyl halides is 3. The zero-order valence-electron chi connectivity index (χ0n) is 8.12. The Morgan fingerprint density at radius 1 is 1.39 bits per heavy atom. The Balaban J connectivity index is 3.46. The van der Waals surface area contributed by atoms with Crippen molar-refractivity contribution in [3.63, 3.8) is 0 Å². The summed E-state index contributed by atoms with van der Waals surface area (Å²) < 4.78 is 58.9. The summed E-state index contributed by atoms with van der Waals surface area (Å²) in [4.78, 5) is -1.04. The lowest BCUT2D eigenvalue weighted by Crippen LogP contribution is -2.02. The molecule has 0 saturated carbocycles. The molecule has 0 radical (unpaired) electrons. The van der Waals surface area contributed by atoms with Crippen LogP contribution in [-0.2, 0) is 9.05 Å². The van der Waals surface area contributed by atoms with Gasteiger partial charge in [0, 0.05) is 20.1 Å². The van der Waals surface area contributed by atoms with Crippen LogP contribution in [-0.4, -0.2) is 13.9 Å². The molecule has 0 heterocycles. The van der Waals surface area contributed by atoms with E-state index in [4.69, 9.17) is 15.9 Å². The van der Waals surface area contributed by atoms with Crippen LogP contribution in [0.1, 0.15) is 5.56 Å². The minimum Gasteiger partial charge on any atom is -0.207 e. The van der Waals surface area contributed by atoms with Crippen molar-refractivity contribution in [1.29, 1.82) is 5.26 Å². The van der Waals surface area contributed by atoms with Gasteiger partial charge in [-0.05, 0) is 39.8 Å². The number of halogens is 5. The summed E-state index contributed by atoms with van der Waals surface area (Å²) in [7, 11) is 0.761. The molecule has 0 aliphatic carbocycles. The Hall–Kier alpha value is -0.430. The van der Waals surface area contributed by atoms with E-state index in [1.165, 1.54) is 0 Å². The minimum absolute atomic E-state index is 0.0366. The molecular weight excluding hydrogens is 379 g/mol. The summed E-state index contributed by atoms with van der Waals surface area (Å²) in [6, 6.07) is 3.24. The third-order valence-electron chi connectivity index (χ3n) is 1.64. The number of hydrogen-bond donors (Lipinski definition) is 0. The molecule has 0 aromatic heterocycles. The summed E-state index contributed by atoms with van der Waals surface area (Å²) >= 11 is 2.33. The van der Waals surface area contributed by atoms with Gasteiger partial charge in [0.15, 0.2) is 0 Å². The van der Waals surface area contributed by atoms with Gasteiger partial charge in [-0.25, -0.2) is 8.42 Å². The second-order valence-electron chi connectivity index (χ2n) is 2.88. The molecular formula is C8H2BrClF3NO2S2. The average Bonchev–Trinajstić information content (AvgIpc) is 2.16. The summed E-state index contributed by atoms with van der Waals surface area (Å²) in [6.07, 6.45) is 0.